The smallest absolute Gasteiger partial charge is 0.112 e. The van der Waals surface area contributed by atoms with Crippen molar-refractivity contribution in [3.8, 4) is 0 Å². The molecule has 1 aliphatic rings. The molecule has 0 aliphatic carbocycles. The Labute approximate surface area is 375 Å². The topological polar surface area (TPSA) is 92.3 Å². The highest BCUT2D eigenvalue weighted by Gasteiger charge is 2.28. The van der Waals surface area contributed by atoms with Crippen molar-refractivity contribution in [2.75, 3.05) is 106 Å². The lowest BCUT2D eigenvalue weighted by Gasteiger charge is -2.30. The summed E-state index contributed by atoms with van der Waals surface area (Å²) in [6.45, 7) is 11.4. The zero-order valence-electron chi connectivity index (χ0n) is 37.2. The second-order valence-corrected chi connectivity index (χ2v) is 17.3. The van der Waals surface area contributed by atoms with E-state index in [1.54, 1.807) is 0 Å². The van der Waals surface area contributed by atoms with Gasteiger partial charge >= 0.3 is 0 Å². The SMILES string of the molecule is C[C@@]1(COCCOCc2ccc3ccc4cccc5ccc2c3c45)COCCOCCOC[C@@](C)(COCCOCc2ccc3ccc4cccc5ccc2c3c45)OCCOCCO1. The molecule has 0 N–H and O–H groups in total. The van der Waals surface area contributed by atoms with E-state index in [0.29, 0.717) is 119 Å². The average molecular weight is 869 g/mol. The Bertz CT molecular complexity index is 2500. The molecule has 8 aromatic carbocycles. The summed E-state index contributed by atoms with van der Waals surface area (Å²) in [6.07, 6.45) is 0. The molecule has 0 unspecified atom stereocenters. The fourth-order valence-electron chi connectivity index (χ4n) is 8.98. The fraction of sp³-hybridized carbons (Fsp3) is 0.407. The van der Waals surface area contributed by atoms with Crippen LogP contribution in [0.4, 0.5) is 0 Å². The Balaban J connectivity index is 0.693. The molecule has 9 rings (SSSR count). The predicted octanol–water partition coefficient (Wildman–Crippen LogP) is 9.88. The van der Waals surface area contributed by atoms with Gasteiger partial charge in [0.25, 0.3) is 0 Å². The summed E-state index contributed by atoms with van der Waals surface area (Å²) >= 11 is 0. The third-order valence-corrected chi connectivity index (χ3v) is 12.2. The summed E-state index contributed by atoms with van der Waals surface area (Å²) in [5.41, 5.74) is 0.984. The molecule has 10 nitrogen and oxygen atoms in total. The maximum Gasteiger partial charge on any atom is 0.112 e. The fourth-order valence-corrected chi connectivity index (χ4v) is 8.98. The standard InChI is InChI=1S/C54H60O10/c1-53(37-61-27-23-57-33-45-15-13-43-11-9-39-5-3-7-41-17-19-47(45)51(43)49(39)41)35-59-25-21-55-22-26-60-36-54(2,64-32-30-56-29-31-63-53)38-62-28-24-58-34-46-16-14-44-12-10-40-6-4-8-42-18-20-48(46)52(44)50(40)42/h3-20H,21-38H2,1-2H3/t53-,54-/m0/s1. The van der Waals surface area contributed by atoms with Gasteiger partial charge in [-0.1, -0.05) is 109 Å². The van der Waals surface area contributed by atoms with Gasteiger partial charge in [-0.2, -0.15) is 0 Å². The van der Waals surface area contributed by atoms with Crippen molar-refractivity contribution < 1.29 is 47.4 Å². The van der Waals surface area contributed by atoms with Crippen LogP contribution < -0.4 is 0 Å². The number of benzene rings is 8. The van der Waals surface area contributed by atoms with Crippen LogP contribution in [0.3, 0.4) is 0 Å². The van der Waals surface area contributed by atoms with Crippen molar-refractivity contribution in [2.45, 2.75) is 38.3 Å². The minimum Gasteiger partial charge on any atom is -0.377 e. The van der Waals surface area contributed by atoms with Crippen molar-refractivity contribution in [2.24, 2.45) is 0 Å². The van der Waals surface area contributed by atoms with Crippen LogP contribution in [0.15, 0.2) is 109 Å². The first-order chi connectivity index (χ1) is 31.5. The van der Waals surface area contributed by atoms with E-state index in [9.17, 15) is 0 Å². The Kier molecular flexibility index (Phi) is 14.8. The highest BCUT2D eigenvalue weighted by atomic mass is 16.6. The van der Waals surface area contributed by atoms with E-state index in [1.807, 2.05) is 13.8 Å². The number of hydrogen-bond acceptors (Lipinski definition) is 10. The molecule has 1 saturated heterocycles. The summed E-state index contributed by atoms with van der Waals surface area (Å²) in [7, 11) is 0. The van der Waals surface area contributed by atoms with Crippen LogP contribution in [0.25, 0.3) is 64.6 Å². The Morgan fingerprint density at radius 3 is 1.16 bits per heavy atom. The molecule has 0 spiro atoms. The molecule has 0 radical (unpaired) electrons. The third-order valence-electron chi connectivity index (χ3n) is 12.2. The van der Waals surface area contributed by atoms with Crippen LogP contribution in [0.5, 0.6) is 0 Å². The van der Waals surface area contributed by atoms with Gasteiger partial charge in [-0.05, 0) is 89.6 Å². The molecule has 10 heteroatoms. The van der Waals surface area contributed by atoms with Crippen LogP contribution >= 0.6 is 0 Å². The molecule has 0 bridgehead atoms. The maximum absolute atomic E-state index is 6.31. The zero-order chi connectivity index (χ0) is 43.6. The lowest BCUT2D eigenvalue weighted by molar-refractivity contribution is -0.155. The van der Waals surface area contributed by atoms with Crippen molar-refractivity contribution in [1.29, 1.82) is 0 Å². The lowest BCUT2D eigenvalue weighted by Crippen LogP contribution is -2.42. The Morgan fingerprint density at radius 1 is 0.375 bits per heavy atom. The summed E-state index contributed by atoms with van der Waals surface area (Å²) < 4.78 is 60.8. The first kappa shape index (κ1) is 44.6. The molecule has 8 aromatic rings. The molecule has 64 heavy (non-hydrogen) atoms. The molecular formula is C54H60O10. The Hall–Kier alpha value is -4.56. The van der Waals surface area contributed by atoms with Crippen LogP contribution in [-0.4, -0.2) is 117 Å². The molecular weight excluding hydrogens is 809 g/mol. The zero-order valence-corrected chi connectivity index (χ0v) is 37.2. The van der Waals surface area contributed by atoms with Crippen LogP contribution in [0.1, 0.15) is 25.0 Å². The summed E-state index contributed by atoms with van der Waals surface area (Å²) in [6, 6.07) is 39.3. The second kappa shape index (κ2) is 21.2. The maximum atomic E-state index is 6.31. The van der Waals surface area contributed by atoms with E-state index >= 15 is 0 Å². The lowest BCUT2D eigenvalue weighted by atomic mass is 9.92. The Morgan fingerprint density at radius 2 is 0.719 bits per heavy atom. The van der Waals surface area contributed by atoms with Crippen LogP contribution in [-0.2, 0) is 60.6 Å². The van der Waals surface area contributed by atoms with Gasteiger partial charge in [0.1, 0.15) is 11.2 Å². The molecule has 336 valence electrons. The highest BCUT2D eigenvalue weighted by Crippen LogP contribution is 2.37. The van der Waals surface area contributed by atoms with E-state index in [0.717, 1.165) is 0 Å². The number of rotatable bonds is 14. The summed E-state index contributed by atoms with van der Waals surface area (Å²) in [5.74, 6) is 0. The van der Waals surface area contributed by atoms with Gasteiger partial charge in [-0.15, -0.1) is 0 Å². The molecule has 1 aliphatic heterocycles. The monoisotopic (exact) mass is 868 g/mol. The van der Waals surface area contributed by atoms with E-state index in [4.69, 9.17) is 47.4 Å². The molecule has 1 fully saturated rings. The minimum atomic E-state index is -0.679. The normalized spacial score (nSPS) is 20.5. The van der Waals surface area contributed by atoms with E-state index in [-0.39, 0.29) is 0 Å². The van der Waals surface area contributed by atoms with Gasteiger partial charge in [0, 0.05) is 0 Å². The van der Waals surface area contributed by atoms with Crippen molar-refractivity contribution in [1.82, 2.24) is 0 Å². The highest BCUT2D eigenvalue weighted by molar-refractivity contribution is 6.24. The van der Waals surface area contributed by atoms with Crippen molar-refractivity contribution >= 4 is 64.6 Å². The van der Waals surface area contributed by atoms with Gasteiger partial charge in [0.2, 0.25) is 0 Å². The molecule has 0 saturated carbocycles. The van der Waals surface area contributed by atoms with Gasteiger partial charge in [-0.3, -0.25) is 0 Å². The third kappa shape index (κ3) is 10.6. The summed E-state index contributed by atoms with van der Waals surface area (Å²) in [5, 5.41) is 15.2. The molecule has 1 heterocycles. The molecule has 0 aromatic heterocycles. The van der Waals surface area contributed by atoms with Crippen molar-refractivity contribution in [3.05, 3.63) is 120 Å². The van der Waals surface area contributed by atoms with Crippen molar-refractivity contribution in [3.63, 3.8) is 0 Å². The van der Waals surface area contributed by atoms with Crippen LogP contribution in [0.2, 0.25) is 0 Å². The van der Waals surface area contributed by atoms with Gasteiger partial charge < -0.3 is 47.4 Å². The number of hydrogen-bond donors (Lipinski definition) is 0. The van der Waals surface area contributed by atoms with E-state index < -0.39 is 11.2 Å². The molecule has 0 amide bonds. The summed E-state index contributed by atoms with van der Waals surface area (Å²) in [4.78, 5) is 0. The largest absolute Gasteiger partial charge is 0.377 e. The number of ether oxygens (including phenoxy) is 10. The van der Waals surface area contributed by atoms with Gasteiger partial charge in [0.15, 0.2) is 0 Å². The van der Waals surface area contributed by atoms with Gasteiger partial charge in [-0.25, -0.2) is 0 Å². The quantitative estimate of drug-likeness (QED) is 0.0777. The van der Waals surface area contributed by atoms with E-state index in [2.05, 4.69) is 109 Å². The van der Waals surface area contributed by atoms with Crippen LogP contribution in [0, 0.1) is 0 Å². The molecule has 2 atom stereocenters. The first-order valence-corrected chi connectivity index (χ1v) is 22.7. The second-order valence-electron chi connectivity index (χ2n) is 17.3. The average Bonchev–Trinajstić information content (AvgIpc) is 3.31. The predicted molar refractivity (Wildman–Crippen MR) is 253 cm³/mol. The first-order valence-electron chi connectivity index (χ1n) is 22.7. The van der Waals surface area contributed by atoms with E-state index in [1.165, 1.54) is 75.8 Å². The van der Waals surface area contributed by atoms with Gasteiger partial charge in [0.05, 0.1) is 119 Å². The minimum absolute atomic E-state index is 0.344.